The molecule has 0 atom stereocenters. The van der Waals surface area contributed by atoms with Gasteiger partial charge in [0.15, 0.2) is 4.34 Å². The zero-order valence-corrected chi connectivity index (χ0v) is 18.4. The molecule has 30 heavy (non-hydrogen) atoms. The van der Waals surface area contributed by atoms with Crippen LogP contribution in [-0.4, -0.2) is 40.5 Å². The van der Waals surface area contributed by atoms with Gasteiger partial charge in [-0.25, -0.2) is 4.98 Å². The molecule has 1 saturated heterocycles. The lowest BCUT2D eigenvalue weighted by molar-refractivity contribution is -0.130. The van der Waals surface area contributed by atoms with Gasteiger partial charge in [-0.15, -0.1) is 11.3 Å². The van der Waals surface area contributed by atoms with Crippen LogP contribution in [0.1, 0.15) is 31.4 Å². The summed E-state index contributed by atoms with van der Waals surface area (Å²) < 4.78 is 0.821. The molecule has 0 radical (unpaired) electrons. The molecule has 1 aliphatic rings. The first-order valence-corrected chi connectivity index (χ1v) is 12.2. The summed E-state index contributed by atoms with van der Waals surface area (Å²) in [6.45, 7) is 1.72. The molecule has 4 rings (SSSR count). The van der Waals surface area contributed by atoms with Gasteiger partial charge in [-0.1, -0.05) is 61.0 Å². The van der Waals surface area contributed by atoms with Crippen molar-refractivity contribution in [3.8, 4) is 0 Å². The Morgan fingerprint density at radius 1 is 1.03 bits per heavy atom. The van der Waals surface area contributed by atoms with Gasteiger partial charge in [0.2, 0.25) is 11.8 Å². The predicted octanol–water partition coefficient (Wildman–Crippen LogP) is 4.97. The molecule has 2 amide bonds. The minimum Gasteiger partial charge on any atom is -0.342 e. The van der Waals surface area contributed by atoms with Crippen molar-refractivity contribution in [1.29, 1.82) is 0 Å². The highest BCUT2D eigenvalue weighted by Gasteiger charge is 2.17. The van der Waals surface area contributed by atoms with Gasteiger partial charge >= 0.3 is 0 Å². The third kappa shape index (κ3) is 5.40. The molecule has 1 fully saturated rings. The molecular formula is C23H25N3O2S2. The molecule has 3 aromatic rings. The highest BCUT2D eigenvalue weighted by atomic mass is 32.2. The fraction of sp³-hybridized carbons (Fsp3) is 0.348. The lowest BCUT2D eigenvalue weighted by Crippen LogP contribution is -2.33. The second kappa shape index (κ2) is 10.1. The summed E-state index contributed by atoms with van der Waals surface area (Å²) in [4.78, 5) is 31.5. The number of hydrogen-bond acceptors (Lipinski definition) is 5. The number of aromatic nitrogens is 1. The highest BCUT2D eigenvalue weighted by Crippen LogP contribution is 2.26. The number of carbonyl (C=O) groups is 2. The maximum absolute atomic E-state index is 12.5. The maximum Gasteiger partial charge on any atom is 0.234 e. The minimum atomic E-state index is -0.0613. The number of amides is 2. The van der Waals surface area contributed by atoms with Gasteiger partial charge in [0, 0.05) is 29.5 Å². The van der Waals surface area contributed by atoms with Crippen LogP contribution in [0, 0.1) is 0 Å². The summed E-state index contributed by atoms with van der Waals surface area (Å²) in [7, 11) is 0. The Balaban J connectivity index is 1.29. The van der Waals surface area contributed by atoms with E-state index in [1.54, 1.807) is 0 Å². The summed E-state index contributed by atoms with van der Waals surface area (Å²) in [5.74, 6) is 0.386. The van der Waals surface area contributed by atoms with E-state index in [4.69, 9.17) is 0 Å². The van der Waals surface area contributed by atoms with Crippen LogP contribution in [0.5, 0.6) is 0 Å². The topological polar surface area (TPSA) is 62.3 Å². The first kappa shape index (κ1) is 20.9. The summed E-state index contributed by atoms with van der Waals surface area (Å²) in [5, 5.41) is 7.06. The zero-order valence-electron chi connectivity index (χ0n) is 16.8. The van der Waals surface area contributed by atoms with E-state index >= 15 is 0 Å². The largest absolute Gasteiger partial charge is 0.342 e. The van der Waals surface area contributed by atoms with Crippen molar-refractivity contribution in [2.24, 2.45) is 0 Å². The molecule has 156 valence electrons. The van der Waals surface area contributed by atoms with Crippen molar-refractivity contribution in [2.75, 3.05) is 24.2 Å². The Morgan fingerprint density at radius 2 is 1.80 bits per heavy atom. The van der Waals surface area contributed by atoms with Gasteiger partial charge in [0.25, 0.3) is 0 Å². The molecular weight excluding hydrogens is 414 g/mol. The lowest BCUT2D eigenvalue weighted by atomic mass is 10.1. The molecule has 0 spiro atoms. The van der Waals surface area contributed by atoms with Crippen LogP contribution >= 0.6 is 23.1 Å². The average molecular weight is 440 g/mol. The number of thiazole rings is 1. The highest BCUT2D eigenvalue weighted by molar-refractivity contribution is 8.01. The molecule has 7 heteroatoms. The van der Waals surface area contributed by atoms with Crippen LogP contribution in [0.2, 0.25) is 0 Å². The molecule has 0 bridgehead atoms. The molecule has 0 saturated carbocycles. The van der Waals surface area contributed by atoms with Crippen LogP contribution < -0.4 is 5.32 Å². The molecule has 0 aliphatic carbocycles. The van der Waals surface area contributed by atoms with Gasteiger partial charge < -0.3 is 10.2 Å². The van der Waals surface area contributed by atoms with E-state index in [1.165, 1.54) is 35.9 Å². The van der Waals surface area contributed by atoms with Crippen molar-refractivity contribution in [3.63, 3.8) is 0 Å². The second-order valence-corrected chi connectivity index (χ2v) is 9.52. The van der Waals surface area contributed by atoms with Crippen LogP contribution in [-0.2, 0) is 16.0 Å². The number of nitrogens with one attached hydrogen (secondary N) is 1. The number of thioether (sulfide) groups is 1. The van der Waals surface area contributed by atoms with E-state index in [1.807, 2.05) is 52.7 Å². The zero-order chi connectivity index (χ0) is 20.8. The van der Waals surface area contributed by atoms with Crippen molar-refractivity contribution < 1.29 is 9.59 Å². The molecule has 1 aliphatic heterocycles. The number of rotatable bonds is 6. The minimum absolute atomic E-state index is 0.0613. The van der Waals surface area contributed by atoms with E-state index in [2.05, 4.69) is 10.3 Å². The molecule has 1 N–H and O–H groups in total. The normalized spacial score (nSPS) is 14.5. The van der Waals surface area contributed by atoms with E-state index in [0.29, 0.717) is 6.42 Å². The number of likely N-dealkylation sites (tertiary alicyclic amines) is 1. The van der Waals surface area contributed by atoms with Gasteiger partial charge in [0.1, 0.15) is 0 Å². The Labute approximate surface area is 184 Å². The third-order valence-electron chi connectivity index (χ3n) is 5.21. The first-order valence-electron chi connectivity index (χ1n) is 10.3. The smallest absolute Gasteiger partial charge is 0.234 e. The standard InChI is InChI=1S/C23H25N3O2S2/c27-21(25-20-11-7-9-17-8-3-4-10-19(17)20)16-30-23-24-18(15-29-23)14-22(28)26-12-5-1-2-6-13-26/h3-4,7-11,15H,1-2,5-6,12-14,16H2,(H,25,27). The quantitative estimate of drug-likeness (QED) is 0.551. The van der Waals surface area contributed by atoms with Crippen molar-refractivity contribution in [2.45, 2.75) is 36.4 Å². The van der Waals surface area contributed by atoms with E-state index in [-0.39, 0.29) is 17.6 Å². The monoisotopic (exact) mass is 439 g/mol. The number of hydrogen-bond donors (Lipinski definition) is 1. The third-order valence-corrected chi connectivity index (χ3v) is 7.28. The number of nitrogens with zero attached hydrogens (tertiary/aromatic N) is 2. The van der Waals surface area contributed by atoms with Gasteiger partial charge in [-0.05, 0) is 24.3 Å². The van der Waals surface area contributed by atoms with E-state index in [9.17, 15) is 9.59 Å². The van der Waals surface area contributed by atoms with Crippen molar-refractivity contribution in [3.05, 3.63) is 53.5 Å². The second-order valence-electron chi connectivity index (χ2n) is 7.44. The molecule has 5 nitrogen and oxygen atoms in total. The molecule has 1 aromatic heterocycles. The summed E-state index contributed by atoms with van der Waals surface area (Å²) in [6, 6.07) is 13.9. The molecule has 2 aromatic carbocycles. The summed E-state index contributed by atoms with van der Waals surface area (Å²) in [5.41, 5.74) is 1.62. The number of benzene rings is 2. The fourth-order valence-corrected chi connectivity index (χ4v) is 5.32. The maximum atomic E-state index is 12.5. The van der Waals surface area contributed by atoms with Gasteiger partial charge in [0.05, 0.1) is 17.9 Å². The molecule has 0 unspecified atom stereocenters. The number of carbonyl (C=O) groups excluding carboxylic acids is 2. The number of anilines is 1. The SMILES string of the molecule is O=C(CSc1nc(CC(=O)N2CCCCCC2)cs1)Nc1cccc2ccccc12. The Kier molecular flexibility index (Phi) is 7.02. The van der Waals surface area contributed by atoms with E-state index in [0.717, 1.165) is 52.4 Å². The van der Waals surface area contributed by atoms with Crippen molar-refractivity contribution >= 4 is 51.4 Å². The predicted molar refractivity (Wildman–Crippen MR) is 124 cm³/mol. The lowest BCUT2D eigenvalue weighted by Gasteiger charge is -2.19. The Hall–Kier alpha value is -2.38. The van der Waals surface area contributed by atoms with Crippen LogP contribution in [0.3, 0.4) is 0 Å². The first-order chi connectivity index (χ1) is 14.7. The summed E-state index contributed by atoms with van der Waals surface area (Å²) >= 11 is 2.90. The van der Waals surface area contributed by atoms with Crippen LogP contribution in [0.4, 0.5) is 5.69 Å². The van der Waals surface area contributed by atoms with Crippen LogP contribution in [0.15, 0.2) is 52.2 Å². The Morgan fingerprint density at radius 3 is 2.63 bits per heavy atom. The Bertz CT molecular complexity index is 1020. The van der Waals surface area contributed by atoms with E-state index < -0.39 is 0 Å². The number of fused-ring (bicyclic) bond motifs is 1. The van der Waals surface area contributed by atoms with Crippen molar-refractivity contribution in [1.82, 2.24) is 9.88 Å². The average Bonchev–Trinajstić information content (AvgIpc) is 3.02. The van der Waals surface area contributed by atoms with Crippen LogP contribution in [0.25, 0.3) is 10.8 Å². The fourth-order valence-electron chi connectivity index (χ4n) is 3.67. The van der Waals surface area contributed by atoms with Gasteiger partial charge in [-0.2, -0.15) is 0 Å². The summed E-state index contributed by atoms with van der Waals surface area (Å²) in [6.07, 6.45) is 4.95. The van der Waals surface area contributed by atoms with Gasteiger partial charge in [-0.3, -0.25) is 9.59 Å². The molecule has 2 heterocycles.